The third-order valence-electron chi connectivity index (χ3n) is 5.96. The highest BCUT2D eigenvalue weighted by Gasteiger charge is 2.55. The standard InChI is InChI=1S/C23H22N4O2/c28-22(29)18-11-25-23(26-12-18)27-13-19-20(14-27)21(19)24-10-15-6-8-17(9-7-15)16-4-2-1-3-5-16/h1-9,11-12,19-21,24H,10,13-14H2,(H,28,29)/t19-,20+,21?. The number of carboxylic acid groups (broad SMARTS) is 1. The molecule has 6 nitrogen and oxygen atoms in total. The molecule has 146 valence electrons. The van der Waals surface area contributed by atoms with Gasteiger partial charge in [-0.15, -0.1) is 0 Å². The molecule has 6 heteroatoms. The minimum atomic E-state index is -0.998. The van der Waals surface area contributed by atoms with Crippen molar-refractivity contribution in [3.05, 3.63) is 78.1 Å². The number of rotatable bonds is 6. The maximum Gasteiger partial charge on any atom is 0.338 e. The van der Waals surface area contributed by atoms with Gasteiger partial charge in [0.2, 0.25) is 5.95 Å². The molecule has 3 aromatic rings. The molecule has 0 radical (unpaired) electrons. The SMILES string of the molecule is O=C(O)c1cnc(N2C[C@@H]3C(NCc4ccc(-c5ccccc5)cc4)[C@@H]3C2)nc1. The predicted molar refractivity (Wildman–Crippen MR) is 111 cm³/mol. The van der Waals surface area contributed by atoms with Gasteiger partial charge < -0.3 is 15.3 Å². The van der Waals surface area contributed by atoms with Gasteiger partial charge in [-0.1, -0.05) is 54.6 Å². The van der Waals surface area contributed by atoms with Gasteiger partial charge in [0.25, 0.3) is 0 Å². The molecule has 3 atom stereocenters. The molecule has 29 heavy (non-hydrogen) atoms. The van der Waals surface area contributed by atoms with Crippen LogP contribution in [0.5, 0.6) is 0 Å². The fraction of sp³-hybridized carbons (Fsp3) is 0.261. The summed E-state index contributed by atoms with van der Waals surface area (Å²) in [5.41, 5.74) is 3.89. The zero-order valence-corrected chi connectivity index (χ0v) is 15.9. The first-order valence-electron chi connectivity index (χ1n) is 9.87. The van der Waals surface area contributed by atoms with Crippen LogP contribution in [0.1, 0.15) is 15.9 Å². The monoisotopic (exact) mass is 386 g/mol. The van der Waals surface area contributed by atoms with Crippen LogP contribution in [0.2, 0.25) is 0 Å². The largest absolute Gasteiger partial charge is 0.478 e. The molecule has 2 aromatic carbocycles. The number of hydrogen-bond acceptors (Lipinski definition) is 5. The van der Waals surface area contributed by atoms with E-state index < -0.39 is 5.97 Å². The van der Waals surface area contributed by atoms with E-state index in [4.69, 9.17) is 5.11 Å². The van der Waals surface area contributed by atoms with E-state index in [0.717, 1.165) is 19.6 Å². The number of aromatic nitrogens is 2. The molecule has 0 bridgehead atoms. The van der Waals surface area contributed by atoms with Gasteiger partial charge in [-0.2, -0.15) is 0 Å². The van der Waals surface area contributed by atoms with Crippen LogP contribution in [0.4, 0.5) is 5.95 Å². The molecule has 1 aliphatic heterocycles. The highest BCUT2D eigenvalue weighted by Crippen LogP contribution is 2.46. The lowest BCUT2D eigenvalue weighted by atomic mass is 10.0. The van der Waals surface area contributed by atoms with E-state index in [0.29, 0.717) is 23.8 Å². The molecular weight excluding hydrogens is 364 g/mol. The maximum absolute atomic E-state index is 10.9. The number of benzene rings is 2. The Bertz CT molecular complexity index is 993. The average molecular weight is 386 g/mol. The van der Waals surface area contributed by atoms with E-state index in [-0.39, 0.29) is 5.56 Å². The second-order valence-electron chi connectivity index (χ2n) is 7.78. The number of nitrogens with one attached hydrogen (secondary N) is 1. The Balaban J connectivity index is 1.13. The van der Waals surface area contributed by atoms with Crippen molar-refractivity contribution in [3.63, 3.8) is 0 Å². The van der Waals surface area contributed by atoms with Crippen LogP contribution in [-0.4, -0.2) is 40.2 Å². The summed E-state index contributed by atoms with van der Waals surface area (Å²) < 4.78 is 0. The Morgan fingerprint density at radius 1 is 0.966 bits per heavy atom. The molecule has 2 N–H and O–H groups in total. The van der Waals surface area contributed by atoms with Gasteiger partial charge >= 0.3 is 5.97 Å². The molecule has 1 saturated heterocycles. The van der Waals surface area contributed by atoms with E-state index in [9.17, 15) is 4.79 Å². The normalized spacial score (nSPS) is 22.3. The Morgan fingerprint density at radius 2 is 1.59 bits per heavy atom. The smallest absolute Gasteiger partial charge is 0.338 e. The quantitative estimate of drug-likeness (QED) is 0.678. The molecular formula is C23H22N4O2. The Kier molecular flexibility index (Phi) is 4.48. The lowest BCUT2D eigenvalue weighted by Gasteiger charge is -2.20. The van der Waals surface area contributed by atoms with Crippen molar-refractivity contribution >= 4 is 11.9 Å². The van der Waals surface area contributed by atoms with E-state index in [1.807, 2.05) is 6.07 Å². The van der Waals surface area contributed by atoms with Crippen LogP contribution in [0.3, 0.4) is 0 Å². The van der Waals surface area contributed by atoms with Gasteiger partial charge in [-0.25, -0.2) is 14.8 Å². The number of carbonyl (C=O) groups is 1. The van der Waals surface area contributed by atoms with Crippen LogP contribution in [0, 0.1) is 11.8 Å². The number of carboxylic acids is 1. The fourth-order valence-corrected chi connectivity index (χ4v) is 4.27. The van der Waals surface area contributed by atoms with E-state index in [1.54, 1.807) is 0 Å². The maximum atomic E-state index is 10.9. The second-order valence-corrected chi connectivity index (χ2v) is 7.78. The molecule has 1 aliphatic carbocycles. The van der Waals surface area contributed by atoms with Gasteiger partial charge in [-0.05, 0) is 28.5 Å². The Labute approximate surface area is 169 Å². The molecule has 1 unspecified atom stereocenters. The number of hydrogen-bond donors (Lipinski definition) is 2. The number of aromatic carboxylic acids is 1. The van der Waals surface area contributed by atoms with Crippen molar-refractivity contribution in [1.82, 2.24) is 15.3 Å². The summed E-state index contributed by atoms with van der Waals surface area (Å²) in [5, 5.41) is 12.6. The first kappa shape index (κ1) is 17.8. The minimum absolute atomic E-state index is 0.121. The third kappa shape index (κ3) is 3.59. The molecule has 1 aromatic heterocycles. The Morgan fingerprint density at radius 3 is 2.21 bits per heavy atom. The summed E-state index contributed by atoms with van der Waals surface area (Å²) >= 11 is 0. The third-order valence-corrected chi connectivity index (χ3v) is 5.96. The van der Waals surface area contributed by atoms with E-state index in [1.165, 1.54) is 29.1 Å². The summed E-state index contributed by atoms with van der Waals surface area (Å²) in [6, 6.07) is 19.7. The molecule has 5 rings (SSSR count). The van der Waals surface area contributed by atoms with Crippen molar-refractivity contribution in [2.24, 2.45) is 11.8 Å². The molecule has 0 spiro atoms. The number of fused-ring (bicyclic) bond motifs is 1. The van der Waals surface area contributed by atoms with Crippen LogP contribution in [-0.2, 0) is 6.54 Å². The van der Waals surface area contributed by atoms with Crippen LogP contribution in [0.25, 0.3) is 11.1 Å². The number of piperidine rings is 1. The summed E-state index contributed by atoms with van der Waals surface area (Å²) in [6.45, 7) is 2.71. The summed E-state index contributed by atoms with van der Waals surface area (Å²) in [4.78, 5) is 21.5. The summed E-state index contributed by atoms with van der Waals surface area (Å²) in [5.74, 6) is 0.849. The van der Waals surface area contributed by atoms with Crippen molar-refractivity contribution in [2.75, 3.05) is 18.0 Å². The molecule has 0 amide bonds. The van der Waals surface area contributed by atoms with Gasteiger partial charge in [0.15, 0.2) is 0 Å². The van der Waals surface area contributed by atoms with Gasteiger partial charge in [0.05, 0.1) is 5.56 Å². The van der Waals surface area contributed by atoms with Crippen molar-refractivity contribution in [1.29, 1.82) is 0 Å². The van der Waals surface area contributed by atoms with Gasteiger partial charge in [-0.3, -0.25) is 0 Å². The van der Waals surface area contributed by atoms with Crippen molar-refractivity contribution in [3.8, 4) is 11.1 Å². The van der Waals surface area contributed by atoms with Crippen molar-refractivity contribution < 1.29 is 9.90 Å². The fourth-order valence-electron chi connectivity index (χ4n) is 4.27. The first-order chi connectivity index (χ1) is 14.2. The highest BCUT2D eigenvalue weighted by atomic mass is 16.4. The molecule has 1 saturated carbocycles. The zero-order valence-electron chi connectivity index (χ0n) is 15.9. The van der Waals surface area contributed by atoms with Gasteiger partial charge in [0.1, 0.15) is 0 Å². The molecule has 2 aliphatic rings. The lowest BCUT2D eigenvalue weighted by Crippen LogP contribution is -2.32. The van der Waals surface area contributed by atoms with Gasteiger partial charge in [0, 0.05) is 38.1 Å². The number of anilines is 1. The van der Waals surface area contributed by atoms with Crippen LogP contribution >= 0.6 is 0 Å². The van der Waals surface area contributed by atoms with Crippen LogP contribution in [0.15, 0.2) is 67.0 Å². The first-order valence-corrected chi connectivity index (χ1v) is 9.87. The Hall–Kier alpha value is -3.25. The summed E-state index contributed by atoms with van der Waals surface area (Å²) in [7, 11) is 0. The summed E-state index contributed by atoms with van der Waals surface area (Å²) in [6.07, 6.45) is 2.76. The number of nitrogens with zero attached hydrogens (tertiary/aromatic N) is 3. The van der Waals surface area contributed by atoms with Crippen LogP contribution < -0.4 is 10.2 Å². The average Bonchev–Trinajstić information content (AvgIpc) is 3.22. The zero-order chi connectivity index (χ0) is 19.8. The van der Waals surface area contributed by atoms with E-state index >= 15 is 0 Å². The molecule has 2 fully saturated rings. The second kappa shape index (κ2) is 7.29. The van der Waals surface area contributed by atoms with Crippen molar-refractivity contribution in [2.45, 2.75) is 12.6 Å². The minimum Gasteiger partial charge on any atom is -0.478 e. The highest BCUT2D eigenvalue weighted by molar-refractivity contribution is 5.86. The predicted octanol–water partition coefficient (Wildman–Crippen LogP) is 3.07. The lowest BCUT2D eigenvalue weighted by molar-refractivity contribution is 0.0696. The molecule has 2 heterocycles. The topological polar surface area (TPSA) is 78.3 Å². The van der Waals surface area contributed by atoms with E-state index in [2.05, 4.69) is 68.7 Å².